The average Bonchev–Trinajstić information content (AvgIpc) is 2.59. The largest absolute Gasteiger partial charge is 0.301 e. The zero-order valence-corrected chi connectivity index (χ0v) is 14.4. The quantitative estimate of drug-likeness (QED) is 0.372. The average molecular weight is 357 g/mol. The molecule has 1 fully saturated rings. The lowest BCUT2D eigenvalue weighted by molar-refractivity contribution is -0.123. The maximum atomic E-state index is 12.4. The van der Waals surface area contributed by atoms with E-state index in [0.717, 1.165) is 27.7 Å². The Morgan fingerprint density at radius 3 is 2.58 bits per heavy atom. The number of carbonyl (C=O) groups excluding carboxylic acids is 1. The first-order chi connectivity index (χ1) is 11.6. The van der Waals surface area contributed by atoms with Crippen LogP contribution in [-0.2, 0) is 4.79 Å². The first kappa shape index (κ1) is 15.4. The van der Waals surface area contributed by atoms with Crippen molar-refractivity contribution in [3.8, 4) is 0 Å². The summed E-state index contributed by atoms with van der Waals surface area (Å²) in [5, 5.41) is 0.727. The van der Waals surface area contributed by atoms with Gasteiger partial charge in [0.25, 0.3) is 0 Å². The molecule has 0 aliphatic carbocycles. The van der Waals surface area contributed by atoms with Crippen molar-refractivity contribution in [1.82, 2.24) is 4.98 Å². The number of rotatable bonds is 2. The summed E-state index contributed by atoms with van der Waals surface area (Å²) in [5.41, 5.74) is 3.47. The molecule has 0 bridgehead atoms. The standard InChI is InChI=1S/C19H14Cl2N2O/c1-11-6-2-5-9-15(11)23-17(16(20)19(23)24)13-10-12-7-3-4-8-14(12)22-18(13)21/h2-10,16-17H,1H3. The summed E-state index contributed by atoms with van der Waals surface area (Å²) in [7, 11) is 0. The Morgan fingerprint density at radius 2 is 1.79 bits per heavy atom. The number of benzene rings is 2. The third kappa shape index (κ3) is 2.27. The van der Waals surface area contributed by atoms with E-state index in [-0.39, 0.29) is 11.9 Å². The number of β-lactam (4-membered cyclic amide) rings is 1. The first-order valence-corrected chi connectivity index (χ1v) is 8.47. The van der Waals surface area contributed by atoms with Gasteiger partial charge >= 0.3 is 0 Å². The molecule has 1 aliphatic rings. The summed E-state index contributed by atoms with van der Waals surface area (Å²) >= 11 is 12.8. The van der Waals surface area contributed by atoms with Crippen LogP contribution in [0.3, 0.4) is 0 Å². The summed E-state index contributed by atoms with van der Waals surface area (Å²) in [4.78, 5) is 18.6. The van der Waals surface area contributed by atoms with Crippen molar-refractivity contribution < 1.29 is 4.79 Å². The Hall–Kier alpha value is -2.10. The molecule has 2 aromatic carbocycles. The van der Waals surface area contributed by atoms with E-state index < -0.39 is 5.38 Å². The number of pyridine rings is 1. The van der Waals surface area contributed by atoms with Crippen molar-refractivity contribution in [3.05, 3.63) is 70.9 Å². The van der Waals surface area contributed by atoms with Crippen molar-refractivity contribution in [3.63, 3.8) is 0 Å². The number of halogens is 2. The summed E-state index contributed by atoms with van der Waals surface area (Å²) in [5.74, 6) is -0.111. The Balaban J connectivity index is 1.84. The van der Waals surface area contributed by atoms with Gasteiger partial charge in [-0.15, -0.1) is 11.6 Å². The first-order valence-electron chi connectivity index (χ1n) is 7.66. The molecular weight excluding hydrogens is 343 g/mol. The molecule has 24 heavy (non-hydrogen) atoms. The van der Waals surface area contributed by atoms with Crippen molar-refractivity contribution in [2.75, 3.05) is 4.90 Å². The molecule has 3 nitrogen and oxygen atoms in total. The molecule has 1 aromatic heterocycles. The van der Waals surface area contributed by atoms with Gasteiger partial charge in [-0.05, 0) is 30.7 Å². The summed E-state index contributed by atoms with van der Waals surface area (Å²) in [6.45, 7) is 1.97. The fraction of sp³-hybridized carbons (Fsp3) is 0.158. The second-order valence-corrected chi connectivity index (χ2v) is 6.73. The Labute approximate surface area is 149 Å². The number of alkyl halides is 1. The van der Waals surface area contributed by atoms with Crippen molar-refractivity contribution in [2.45, 2.75) is 18.3 Å². The van der Waals surface area contributed by atoms with Gasteiger partial charge in [-0.25, -0.2) is 4.98 Å². The van der Waals surface area contributed by atoms with Crippen LogP contribution in [0.4, 0.5) is 5.69 Å². The van der Waals surface area contributed by atoms with E-state index in [4.69, 9.17) is 23.2 Å². The number of aryl methyl sites for hydroxylation is 1. The molecule has 0 spiro atoms. The number of hydrogen-bond donors (Lipinski definition) is 0. The number of amides is 1. The summed E-state index contributed by atoms with van der Waals surface area (Å²) in [6, 6.07) is 17.2. The van der Waals surface area contributed by atoms with Gasteiger partial charge in [-0.2, -0.15) is 0 Å². The molecule has 1 amide bonds. The molecule has 0 saturated carbocycles. The number of nitrogens with zero attached hydrogens (tertiary/aromatic N) is 2. The number of hydrogen-bond acceptors (Lipinski definition) is 2. The van der Waals surface area contributed by atoms with E-state index in [2.05, 4.69) is 4.98 Å². The predicted octanol–water partition coefficient (Wildman–Crippen LogP) is 4.89. The van der Waals surface area contributed by atoms with Gasteiger partial charge in [0.15, 0.2) is 0 Å². The fourth-order valence-corrected chi connectivity index (χ4v) is 3.78. The summed E-state index contributed by atoms with van der Waals surface area (Å²) in [6.07, 6.45) is 0. The van der Waals surface area contributed by atoms with E-state index in [1.807, 2.05) is 61.5 Å². The topological polar surface area (TPSA) is 33.2 Å². The summed E-state index contributed by atoms with van der Waals surface area (Å²) < 4.78 is 0. The lowest BCUT2D eigenvalue weighted by Crippen LogP contribution is -2.56. The number of aromatic nitrogens is 1. The third-order valence-electron chi connectivity index (χ3n) is 4.43. The Morgan fingerprint density at radius 1 is 1.08 bits per heavy atom. The van der Waals surface area contributed by atoms with E-state index in [1.165, 1.54) is 0 Å². The molecule has 120 valence electrons. The molecular formula is C19H14Cl2N2O. The number of carbonyl (C=O) groups is 1. The maximum Gasteiger partial charge on any atom is 0.248 e. The van der Waals surface area contributed by atoms with E-state index in [9.17, 15) is 4.79 Å². The molecule has 3 aromatic rings. The van der Waals surface area contributed by atoms with E-state index >= 15 is 0 Å². The van der Waals surface area contributed by atoms with E-state index in [0.29, 0.717) is 5.15 Å². The van der Waals surface area contributed by atoms with Crippen LogP contribution < -0.4 is 4.90 Å². The van der Waals surface area contributed by atoms with Crippen LogP contribution in [0.2, 0.25) is 5.15 Å². The van der Waals surface area contributed by atoms with Gasteiger partial charge < -0.3 is 4.90 Å². The molecule has 5 heteroatoms. The van der Waals surface area contributed by atoms with Crippen molar-refractivity contribution in [2.24, 2.45) is 0 Å². The van der Waals surface area contributed by atoms with Crippen LogP contribution in [0.1, 0.15) is 17.2 Å². The van der Waals surface area contributed by atoms with Crippen LogP contribution in [0.15, 0.2) is 54.6 Å². The zero-order chi connectivity index (χ0) is 16.8. The highest BCUT2D eigenvalue weighted by Gasteiger charge is 2.49. The van der Waals surface area contributed by atoms with E-state index in [1.54, 1.807) is 4.90 Å². The highest BCUT2D eigenvalue weighted by Crippen LogP contribution is 2.45. The van der Waals surface area contributed by atoms with Gasteiger partial charge in [0.2, 0.25) is 5.91 Å². The Bertz CT molecular complexity index is 957. The number of fused-ring (bicyclic) bond motifs is 1. The third-order valence-corrected chi connectivity index (χ3v) is 5.16. The van der Waals surface area contributed by atoms with Gasteiger partial charge in [0.1, 0.15) is 10.5 Å². The molecule has 2 heterocycles. The molecule has 1 aliphatic heterocycles. The lowest BCUT2D eigenvalue weighted by atomic mass is 9.91. The normalized spacial score (nSPS) is 20.3. The predicted molar refractivity (Wildman–Crippen MR) is 97.8 cm³/mol. The van der Waals surface area contributed by atoms with Gasteiger partial charge in [-0.1, -0.05) is 48.0 Å². The van der Waals surface area contributed by atoms with Gasteiger partial charge in [0, 0.05) is 16.6 Å². The van der Waals surface area contributed by atoms with Crippen LogP contribution in [0, 0.1) is 6.92 Å². The minimum Gasteiger partial charge on any atom is -0.301 e. The van der Waals surface area contributed by atoms with Gasteiger partial charge in [-0.3, -0.25) is 4.79 Å². The highest BCUT2D eigenvalue weighted by molar-refractivity contribution is 6.38. The van der Waals surface area contributed by atoms with Crippen molar-refractivity contribution in [1.29, 1.82) is 0 Å². The molecule has 0 N–H and O–H groups in total. The molecule has 1 saturated heterocycles. The second kappa shape index (κ2) is 5.76. The maximum absolute atomic E-state index is 12.4. The minimum atomic E-state index is -0.634. The van der Waals surface area contributed by atoms with Gasteiger partial charge in [0.05, 0.1) is 11.6 Å². The van der Waals surface area contributed by atoms with Crippen LogP contribution in [-0.4, -0.2) is 16.3 Å². The highest BCUT2D eigenvalue weighted by atomic mass is 35.5. The molecule has 0 radical (unpaired) electrons. The zero-order valence-electron chi connectivity index (χ0n) is 12.9. The second-order valence-electron chi connectivity index (χ2n) is 5.90. The molecule has 2 unspecified atom stereocenters. The smallest absolute Gasteiger partial charge is 0.248 e. The van der Waals surface area contributed by atoms with Crippen LogP contribution in [0.5, 0.6) is 0 Å². The molecule has 4 rings (SSSR count). The lowest BCUT2D eigenvalue weighted by Gasteiger charge is -2.45. The van der Waals surface area contributed by atoms with Crippen LogP contribution >= 0.6 is 23.2 Å². The fourth-order valence-electron chi connectivity index (χ4n) is 3.17. The van der Waals surface area contributed by atoms with Crippen molar-refractivity contribution >= 4 is 45.7 Å². The SMILES string of the molecule is Cc1ccccc1N1C(=O)C(Cl)C1c1cc2ccccc2nc1Cl. The monoisotopic (exact) mass is 356 g/mol. The minimum absolute atomic E-state index is 0.111. The van der Waals surface area contributed by atoms with Crippen LogP contribution in [0.25, 0.3) is 10.9 Å². The molecule has 2 atom stereocenters. The Kier molecular flexibility index (Phi) is 3.70. The number of para-hydroxylation sites is 2. The number of anilines is 1.